The molecule has 0 atom stereocenters. The molecule has 3 heterocycles. The minimum Gasteiger partial charge on any atom is -0.457 e. The van der Waals surface area contributed by atoms with E-state index < -0.39 is 0 Å². The van der Waals surface area contributed by atoms with Crippen molar-refractivity contribution in [3.63, 3.8) is 0 Å². The van der Waals surface area contributed by atoms with Crippen LogP contribution in [0.3, 0.4) is 0 Å². The Morgan fingerprint density at radius 2 is 1.03 bits per heavy atom. The summed E-state index contributed by atoms with van der Waals surface area (Å²) >= 11 is 0. The maximum absolute atomic E-state index is 6.88. The van der Waals surface area contributed by atoms with E-state index in [1.165, 1.54) is 61.2 Å². The maximum atomic E-state index is 6.88. The van der Waals surface area contributed by atoms with Gasteiger partial charge < -0.3 is 14.5 Å². The van der Waals surface area contributed by atoms with Gasteiger partial charge in [0.1, 0.15) is 24.0 Å². The Hall–Kier alpha value is -6.33. The maximum Gasteiger partial charge on any atom is 0.137 e. The number of fused-ring (bicyclic) bond motifs is 4. The van der Waals surface area contributed by atoms with Crippen molar-refractivity contribution < 1.29 is 4.74 Å². The molecule has 1 aliphatic rings. The highest BCUT2D eigenvalue weighted by atomic mass is 16.5. The zero-order valence-electron chi connectivity index (χ0n) is 41.8. The van der Waals surface area contributed by atoms with Crippen molar-refractivity contribution >= 4 is 44.6 Å². The second-order valence-corrected chi connectivity index (χ2v) is 23.2. The Bertz CT molecular complexity index is 3080. The Kier molecular flexibility index (Phi) is 10.8. The largest absolute Gasteiger partial charge is 0.457 e. The molecule has 338 valence electrons. The molecule has 0 fully saturated rings. The van der Waals surface area contributed by atoms with Gasteiger partial charge in [0.25, 0.3) is 0 Å². The number of hydrogen-bond acceptors (Lipinski definition) is 4. The van der Waals surface area contributed by atoms with Crippen LogP contribution < -0.4 is 14.5 Å². The number of rotatable bonds is 7. The number of anilines is 4. The van der Waals surface area contributed by atoms with Crippen LogP contribution in [0.2, 0.25) is 0 Å². The van der Waals surface area contributed by atoms with Crippen molar-refractivity contribution in [2.24, 2.45) is 0 Å². The monoisotopic (exact) mass is 873 g/mol. The summed E-state index contributed by atoms with van der Waals surface area (Å²) in [5, 5.41) is 2.37. The van der Waals surface area contributed by atoms with Gasteiger partial charge in [0.05, 0.1) is 22.4 Å². The first-order valence-corrected chi connectivity index (χ1v) is 23.7. The molecule has 0 spiro atoms. The van der Waals surface area contributed by atoms with Gasteiger partial charge in [-0.2, -0.15) is 0 Å². The number of benzene rings is 6. The van der Waals surface area contributed by atoms with Crippen molar-refractivity contribution in [3.8, 4) is 17.3 Å². The molecule has 0 radical (unpaired) electrons. The van der Waals surface area contributed by atoms with E-state index in [4.69, 9.17) is 9.72 Å². The molecule has 6 aromatic carbocycles. The first-order valence-electron chi connectivity index (χ1n) is 23.7. The number of aromatic nitrogens is 2. The topological polar surface area (TPSA) is 33.5 Å². The van der Waals surface area contributed by atoms with Crippen LogP contribution in [0.4, 0.5) is 22.7 Å². The standard InChI is InChI=1S/C61H68N4O/c1-57(2,3)41-23-27-52-51(34-41)50-26-25-49(38-54(50)65(52)56-36-43(29-30-62-56)61(13,14)40-19-16-15-17-20-40)66-48-22-18-21-46(37-48)63-39-64(55-35-42(58(4,5)6)24-28-53(55)63)47-32-44(59(7,8)9)31-45(33-47)60(10,11)12/h15-38H,39H2,1-14H3. The first-order chi connectivity index (χ1) is 31.0. The predicted molar refractivity (Wildman–Crippen MR) is 280 cm³/mol. The van der Waals surface area contributed by atoms with Gasteiger partial charge in [-0.25, -0.2) is 4.98 Å². The highest BCUT2D eigenvalue weighted by Gasteiger charge is 2.32. The molecule has 5 heteroatoms. The van der Waals surface area contributed by atoms with Crippen LogP contribution >= 0.6 is 0 Å². The summed E-state index contributed by atoms with van der Waals surface area (Å²) in [7, 11) is 0. The van der Waals surface area contributed by atoms with E-state index in [1.54, 1.807) is 0 Å². The summed E-state index contributed by atoms with van der Waals surface area (Å²) < 4.78 is 9.19. The molecule has 9 rings (SSSR count). The Balaban J connectivity index is 1.12. The highest BCUT2D eigenvalue weighted by molar-refractivity contribution is 6.10. The summed E-state index contributed by atoms with van der Waals surface area (Å²) in [4.78, 5) is 9.97. The van der Waals surface area contributed by atoms with E-state index in [0.717, 1.165) is 34.0 Å². The van der Waals surface area contributed by atoms with E-state index in [0.29, 0.717) is 6.67 Å². The molecule has 2 aromatic heterocycles. The van der Waals surface area contributed by atoms with Gasteiger partial charge in [-0.05, 0) is 128 Å². The Morgan fingerprint density at radius 3 is 1.70 bits per heavy atom. The number of nitrogens with zero attached hydrogens (tertiary/aromatic N) is 4. The molecule has 1 aliphatic heterocycles. The van der Waals surface area contributed by atoms with Gasteiger partial charge in [0.15, 0.2) is 0 Å². The Labute approximate surface area is 394 Å². The van der Waals surface area contributed by atoms with E-state index in [9.17, 15) is 0 Å². The number of ether oxygens (including phenoxy) is 1. The van der Waals surface area contributed by atoms with E-state index in [-0.39, 0.29) is 27.1 Å². The predicted octanol–water partition coefficient (Wildman–Crippen LogP) is 16.7. The average Bonchev–Trinajstić information content (AvgIpc) is 3.81. The van der Waals surface area contributed by atoms with Crippen molar-refractivity contribution in [1.82, 2.24) is 9.55 Å². The molecule has 66 heavy (non-hydrogen) atoms. The second-order valence-electron chi connectivity index (χ2n) is 23.2. The zero-order chi connectivity index (χ0) is 47.1. The van der Waals surface area contributed by atoms with Gasteiger partial charge in [-0.1, -0.05) is 152 Å². The summed E-state index contributed by atoms with van der Waals surface area (Å²) in [6, 6.07) is 51.3. The molecule has 0 bridgehead atoms. The van der Waals surface area contributed by atoms with E-state index in [2.05, 4.69) is 251 Å². The lowest BCUT2D eigenvalue weighted by atomic mass is 9.78. The SMILES string of the molecule is CC(C)(C)c1cc(N2CN(c3cccc(Oc4ccc5c6cc(C(C)(C)C)ccc6n(-c6cc(C(C)(C)c7ccccc7)ccn6)c5c4)c3)c3ccc(C(C)(C)C)cc32)cc(C(C)(C)C)c1. The lowest BCUT2D eigenvalue weighted by molar-refractivity contribution is 0.483. The number of pyridine rings is 1. The van der Waals surface area contributed by atoms with Gasteiger partial charge in [0.2, 0.25) is 0 Å². The molecule has 0 N–H and O–H groups in total. The molecular weight excluding hydrogens is 805 g/mol. The fraction of sp³-hybridized carbons (Fsp3) is 0.328. The van der Waals surface area contributed by atoms with Crippen LogP contribution in [0.15, 0.2) is 146 Å². The molecule has 0 saturated carbocycles. The molecule has 5 nitrogen and oxygen atoms in total. The zero-order valence-corrected chi connectivity index (χ0v) is 41.8. The summed E-state index contributed by atoms with van der Waals surface area (Å²) in [6.07, 6.45) is 1.95. The molecule has 0 aliphatic carbocycles. The molecule has 8 aromatic rings. The third-order valence-corrected chi connectivity index (χ3v) is 13.8. The van der Waals surface area contributed by atoms with Crippen LogP contribution in [0.25, 0.3) is 27.6 Å². The highest BCUT2D eigenvalue weighted by Crippen LogP contribution is 2.48. The lowest BCUT2D eigenvalue weighted by Crippen LogP contribution is -2.25. The fourth-order valence-electron chi connectivity index (χ4n) is 9.38. The van der Waals surface area contributed by atoms with Gasteiger partial charge >= 0.3 is 0 Å². The third-order valence-electron chi connectivity index (χ3n) is 13.8. The summed E-state index contributed by atoms with van der Waals surface area (Å²) in [5.41, 5.74) is 14.4. The third kappa shape index (κ3) is 8.38. The quantitative estimate of drug-likeness (QED) is 0.160. The molecule has 0 saturated heterocycles. The van der Waals surface area contributed by atoms with Crippen LogP contribution in [0, 0.1) is 0 Å². The van der Waals surface area contributed by atoms with Crippen LogP contribution in [0.1, 0.15) is 130 Å². The molecular formula is C61H68N4O. The van der Waals surface area contributed by atoms with E-state index >= 15 is 0 Å². The van der Waals surface area contributed by atoms with Gasteiger partial charge in [-0.15, -0.1) is 0 Å². The first kappa shape index (κ1) is 44.9. The average molecular weight is 873 g/mol. The van der Waals surface area contributed by atoms with Crippen molar-refractivity contribution in [2.45, 2.75) is 124 Å². The summed E-state index contributed by atoms with van der Waals surface area (Å²) in [5.74, 6) is 2.44. The Morgan fingerprint density at radius 1 is 0.409 bits per heavy atom. The number of hydrogen-bond donors (Lipinski definition) is 0. The van der Waals surface area contributed by atoms with E-state index in [1.807, 2.05) is 6.20 Å². The fourth-order valence-corrected chi connectivity index (χ4v) is 9.38. The van der Waals surface area contributed by atoms with Crippen molar-refractivity contribution in [2.75, 3.05) is 16.5 Å². The minimum absolute atomic E-state index is 0.00213. The molecule has 0 unspecified atom stereocenters. The van der Waals surface area contributed by atoms with Gasteiger partial charge in [-0.3, -0.25) is 4.57 Å². The molecule has 0 amide bonds. The van der Waals surface area contributed by atoms with Crippen molar-refractivity contribution in [1.29, 1.82) is 0 Å². The smallest absolute Gasteiger partial charge is 0.137 e. The van der Waals surface area contributed by atoms with Crippen LogP contribution in [-0.2, 0) is 27.1 Å². The van der Waals surface area contributed by atoms with Crippen LogP contribution in [0.5, 0.6) is 11.5 Å². The van der Waals surface area contributed by atoms with Crippen molar-refractivity contribution in [3.05, 3.63) is 179 Å². The normalized spacial score (nSPS) is 13.8. The lowest BCUT2D eigenvalue weighted by Gasteiger charge is -2.29. The van der Waals surface area contributed by atoms with Gasteiger partial charge in [0, 0.05) is 45.9 Å². The minimum atomic E-state index is -0.218. The summed E-state index contributed by atoms with van der Waals surface area (Å²) in [6.45, 7) is 32.9. The second kappa shape index (κ2) is 15.9. The van der Waals surface area contributed by atoms with Crippen LogP contribution in [-0.4, -0.2) is 16.2 Å².